The number of piperidine rings is 2. The van der Waals surface area contributed by atoms with Gasteiger partial charge >= 0.3 is 0 Å². The van der Waals surface area contributed by atoms with Gasteiger partial charge in [-0.05, 0) is 32.7 Å². The second kappa shape index (κ2) is 5.24. The average Bonchev–Trinajstić information content (AvgIpc) is 2.17. The van der Waals surface area contributed by atoms with E-state index in [1.807, 2.05) is 0 Å². The van der Waals surface area contributed by atoms with Crippen molar-refractivity contribution in [3.8, 4) is 0 Å². The Hall–Kier alpha value is -0.130. The van der Waals surface area contributed by atoms with Crippen molar-refractivity contribution in [1.82, 2.24) is 10.2 Å². The third-order valence-corrected chi connectivity index (χ3v) is 5.19. The summed E-state index contributed by atoms with van der Waals surface area (Å²) in [5.74, 6) is 0.259. The molecule has 2 rings (SSSR count). The highest BCUT2D eigenvalue weighted by Crippen LogP contribution is 2.32. The summed E-state index contributed by atoms with van der Waals surface area (Å²) >= 11 is 0. The van der Waals surface area contributed by atoms with Crippen molar-refractivity contribution in [2.45, 2.75) is 50.2 Å². The standard InChI is InChI=1S/C12H24N2O2S/c1-14-11-4-3-5-12(14)9-10(8-11)13-6-7-17(2,15)16/h10-13H,3-9H2,1-2H3. The zero-order chi connectivity index (χ0) is 12.5. The number of hydrogen-bond acceptors (Lipinski definition) is 4. The maximum atomic E-state index is 11.1. The van der Waals surface area contributed by atoms with Gasteiger partial charge in [0.25, 0.3) is 0 Å². The molecule has 2 aliphatic heterocycles. The highest BCUT2D eigenvalue weighted by atomic mass is 32.2. The van der Waals surface area contributed by atoms with E-state index in [4.69, 9.17) is 0 Å². The van der Waals surface area contributed by atoms with E-state index in [1.54, 1.807) is 0 Å². The van der Waals surface area contributed by atoms with Gasteiger partial charge < -0.3 is 10.2 Å². The van der Waals surface area contributed by atoms with E-state index in [1.165, 1.54) is 38.4 Å². The van der Waals surface area contributed by atoms with E-state index < -0.39 is 9.84 Å². The lowest BCUT2D eigenvalue weighted by Crippen LogP contribution is -2.54. The van der Waals surface area contributed by atoms with Crippen molar-refractivity contribution in [3.63, 3.8) is 0 Å². The van der Waals surface area contributed by atoms with Gasteiger partial charge in [0, 0.05) is 30.9 Å². The Morgan fingerprint density at radius 3 is 2.35 bits per heavy atom. The van der Waals surface area contributed by atoms with Gasteiger partial charge in [0.15, 0.2) is 0 Å². The van der Waals surface area contributed by atoms with Crippen LogP contribution in [0.25, 0.3) is 0 Å². The Bertz CT molecular complexity index is 342. The predicted molar refractivity (Wildman–Crippen MR) is 69.9 cm³/mol. The van der Waals surface area contributed by atoms with E-state index in [0.717, 1.165) is 0 Å². The largest absolute Gasteiger partial charge is 0.313 e. The third kappa shape index (κ3) is 3.66. The molecule has 2 fully saturated rings. The summed E-state index contributed by atoms with van der Waals surface area (Å²) in [7, 11) is -0.590. The Morgan fingerprint density at radius 2 is 1.82 bits per heavy atom. The molecule has 0 aromatic rings. The van der Waals surface area contributed by atoms with E-state index in [0.29, 0.717) is 24.7 Å². The van der Waals surface area contributed by atoms with Crippen molar-refractivity contribution >= 4 is 9.84 Å². The molecule has 0 saturated carbocycles. The van der Waals surface area contributed by atoms with Crippen LogP contribution in [0.5, 0.6) is 0 Å². The number of fused-ring (bicyclic) bond motifs is 2. The number of hydrogen-bond donors (Lipinski definition) is 1. The summed E-state index contributed by atoms with van der Waals surface area (Å²) in [6.45, 7) is 0.604. The number of nitrogens with zero attached hydrogens (tertiary/aromatic N) is 1. The lowest BCUT2D eigenvalue weighted by atomic mass is 9.82. The smallest absolute Gasteiger partial charge is 0.148 e. The Morgan fingerprint density at radius 1 is 1.24 bits per heavy atom. The van der Waals surface area contributed by atoms with Crippen LogP contribution in [0.3, 0.4) is 0 Å². The van der Waals surface area contributed by atoms with Gasteiger partial charge in [-0.15, -0.1) is 0 Å². The molecule has 2 heterocycles. The van der Waals surface area contributed by atoms with E-state index >= 15 is 0 Å². The first-order valence-corrected chi connectivity index (χ1v) is 8.65. The minimum atomic E-state index is -2.83. The molecule has 0 amide bonds. The lowest BCUT2D eigenvalue weighted by Gasteiger charge is -2.47. The van der Waals surface area contributed by atoms with Crippen LogP contribution in [0.4, 0.5) is 0 Å². The zero-order valence-corrected chi connectivity index (χ0v) is 11.7. The fraction of sp³-hybridized carbons (Fsp3) is 1.00. The normalized spacial score (nSPS) is 34.8. The number of sulfone groups is 1. The van der Waals surface area contributed by atoms with Crippen molar-refractivity contribution < 1.29 is 8.42 Å². The highest BCUT2D eigenvalue weighted by Gasteiger charge is 2.35. The minimum Gasteiger partial charge on any atom is -0.313 e. The monoisotopic (exact) mass is 260 g/mol. The molecule has 2 bridgehead atoms. The summed E-state index contributed by atoms with van der Waals surface area (Å²) in [4.78, 5) is 2.53. The van der Waals surface area contributed by atoms with Gasteiger partial charge in [-0.3, -0.25) is 0 Å². The SMILES string of the molecule is CN1C2CCCC1CC(NCCS(C)(=O)=O)C2. The quantitative estimate of drug-likeness (QED) is 0.806. The molecule has 0 spiro atoms. The van der Waals surface area contributed by atoms with Crippen molar-refractivity contribution in [3.05, 3.63) is 0 Å². The van der Waals surface area contributed by atoms with Crippen LogP contribution in [0.1, 0.15) is 32.1 Å². The molecule has 2 saturated heterocycles. The molecule has 1 N–H and O–H groups in total. The van der Waals surface area contributed by atoms with Crippen LogP contribution in [0, 0.1) is 0 Å². The van der Waals surface area contributed by atoms with Gasteiger partial charge in [0.1, 0.15) is 9.84 Å². The van der Waals surface area contributed by atoms with Crippen molar-refractivity contribution in [2.75, 3.05) is 25.6 Å². The minimum absolute atomic E-state index is 0.259. The molecular formula is C12H24N2O2S. The number of rotatable bonds is 4. The summed E-state index contributed by atoms with van der Waals surface area (Å²) in [5, 5.41) is 3.42. The molecule has 4 nitrogen and oxygen atoms in total. The fourth-order valence-corrected chi connectivity index (χ4v) is 3.72. The van der Waals surface area contributed by atoms with Gasteiger partial charge in [0.05, 0.1) is 5.75 Å². The van der Waals surface area contributed by atoms with Gasteiger partial charge in [-0.2, -0.15) is 0 Å². The van der Waals surface area contributed by atoms with Crippen molar-refractivity contribution in [2.24, 2.45) is 0 Å². The van der Waals surface area contributed by atoms with Gasteiger partial charge in [-0.1, -0.05) is 6.42 Å². The second-order valence-electron chi connectivity index (χ2n) is 5.66. The molecule has 2 atom stereocenters. The lowest BCUT2D eigenvalue weighted by molar-refractivity contribution is 0.0491. The van der Waals surface area contributed by atoms with E-state index in [2.05, 4.69) is 17.3 Å². The topological polar surface area (TPSA) is 49.4 Å². The first-order valence-electron chi connectivity index (χ1n) is 6.59. The van der Waals surface area contributed by atoms with E-state index in [9.17, 15) is 8.42 Å². The molecule has 2 unspecified atom stereocenters. The predicted octanol–water partition coefficient (Wildman–Crippen LogP) is 0.636. The summed E-state index contributed by atoms with van der Waals surface area (Å²) in [6.07, 6.45) is 7.62. The van der Waals surface area contributed by atoms with Gasteiger partial charge in [0.2, 0.25) is 0 Å². The van der Waals surface area contributed by atoms with Crippen LogP contribution in [0.2, 0.25) is 0 Å². The Labute approximate surface area is 105 Å². The fourth-order valence-electron chi connectivity index (χ4n) is 3.23. The molecule has 0 aliphatic carbocycles. The van der Waals surface area contributed by atoms with Crippen LogP contribution in [-0.2, 0) is 9.84 Å². The van der Waals surface area contributed by atoms with Crippen LogP contribution in [0.15, 0.2) is 0 Å². The molecular weight excluding hydrogens is 236 g/mol. The van der Waals surface area contributed by atoms with E-state index in [-0.39, 0.29) is 5.75 Å². The summed E-state index contributed by atoms with van der Waals surface area (Å²) < 4.78 is 22.1. The molecule has 17 heavy (non-hydrogen) atoms. The first-order chi connectivity index (χ1) is 7.96. The summed E-state index contributed by atoms with van der Waals surface area (Å²) in [5.41, 5.74) is 0. The molecule has 100 valence electrons. The Balaban J connectivity index is 1.80. The maximum absolute atomic E-state index is 11.1. The first kappa shape index (κ1) is 13.3. The zero-order valence-electron chi connectivity index (χ0n) is 10.9. The second-order valence-corrected chi connectivity index (χ2v) is 7.92. The molecule has 0 aromatic heterocycles. The third-order valence-electron chi connectivity index (χ3n) is 4.25. The molecule has 2 aliphatic rings. The van der Waals surface area contributed by atoms with Gasteiger partial charge in [-0.25, -0.2) is 8.42 Å². The van der Waals surface area contributed by atoms with Crippen molar-refractivity contribution in [1.29, 1.82) is 0 Å². The van der Waals surface area contributed by atoms with Crippen LogP contribution >= 0.6 is 0 Å². The molecule has 5 heteroatoms. The Kier molecular flexibility index (Phi) is 4.10. The molecule has 0 radical (unpaired) electrons. The van der Waals surface area contributed by atoms with Crippen LogP contribution in [-0.4, -0.2) is 57.0 Å². The highest BCUT2D eigenvalue weighted by molar-refractivity contribution is 7.90. The maximum Gasteiger partial charge on any atom is 0.148 e. The average molecular weight is 260 g/mol. The molecule has 0 aromatic carbocycles. The summed E-state index contributed by atoms with van der Waals surface area (Å²) in [6, 6.07) is 1.93. The number of nitrogens with one attached hydrogen (secondary N) is 1. The van der Waals surface area contributed by atoms with Crippen LogP contribution < -0.4 is 5.32 Å².